The number of rotatable bonds is 4. The van der Waals surface area contributed by atoms with Crippen LogP contribution in [0.2, 0.25) is 0 Å². The number of nitrogens with zero attached hydrogens (tertiary/aromatic N) is 2. The quantitative estimate of drug-likeness (QED) is 0.777. The van der Waals surface area contributed by atoms with Crippen molar-refractivity contribution < 1.29 is 41.8 Å². The van der Waals surface area contributed by atoms with Gasteiger partial charge < -0.3 is 23.9 Å². The zero-order valence-electron chi connectivity index (χ0n) is 16.6. The molecule has 0 bridgehead atoms. The van der Waals surface area contributed by atoms with Gasteiger partial charge in [-0.2, -0.15) is 13.2 Å². The van der Waals surface area contributed by atoms with Gasteiger partial charge in [-0.05, 0) is 19.1 Å². The smallest absolute Gasteiger partial charge is 0.477 e. The van der Waals surface area contributed by atoms with E-state index in [1.807, 2.05) is 36.1 Å². The molecular weight excluding hydrogens is 421 g/mol. The van der Waals surface area contributed by atoms with Gasteiger partial charge in [-0.3, -0.25) is 4.79 Å². The van der Waals surface area contributed by atoms with Gasteiger partial charge in [0.05, 0.1) is 31.5 Å². The second-order valence-corrected chi connectivity index (χ2v) is 7.45. The number of ether oxygens (including phenoxy) is 2. The first kappa shape index (κ1) is 22.6. The van der Waals surface area contributed by atoms with E-state index in [2.05, 4.69) is 4.98 Å². The number of fused-ring (bicyclic) bond motifs is 1. The van der Waals surface area contributed by atoms with Crippen molar-refractivity contribution >= 4 is 11.9 Å². The summed E-state index contributed by atoms with van der Waals surface area (Å²) in [5, 5.41) is 7.12. The third-order valence-electron chi connectivity index (χ3n) is 5.25. The second-order valence-electron chi connectivity index (χ2n) is 7.45. The molecule has 168 valence electrons. The minimum Gasteiger partial charge on any atom is -0.477 e. The van der Waals surface area contributed by atoms with Crippen LogP contribution in [0.4, 0.5) is 13.2 Å². The Hall–Kier alpha value is -3.08. The Morgan fingerprint density at radius 3 is 2.68 bits per heavy atom. The average Bonchev–Trinajstić information content (AvgIpc) is 3.40. The number of carboxylic acid groups (broad SMARTS) is 1. The van der Waals surface area contributed by atoms with Crippen molar-refractivity contribution in [1.82, 2.24) is 9.88 Å². The number of aliphatic carboxylic acids is 1. The van der Waals surface area contributed by atoms with Crippen LogP contribution >= 0.6 is 0 Å². The number of carbonyl (C=O) groups excluding carboxylic acids is 1. The predicted octanol–water partition coefficient (Wildman–Crippen LogP) is 2.78. The van der Waals surface area contributed by atoms with Crippen molar-refractivity contribution in [2.45, 2.75) is 13.1 Å². The molecule has 0 unspecified atom stereocenters. The van der Waals surface area contributed by atoms with E-state index < -0.39 is 12.1 Å². The van der Waals surface area contributed by atoms with Crippen molar-refractivity contribution in [2.24, 2.45) is 11.3 Å². The SMILES string of the molecule is Cc1ccoc1C(=O)N1C[C@@H]2COC[C@]2(COc2ccccn2)C1.O=C(O)C(F)(F)F. The number of carbonyl (C=O) groups is 2. The fourth-order valence-corrected chi connectivity index (χ4v) is 3.58. The molecule has 0 aromatic carbocycles. The first-order chi connectivity index (χ1) is 14.6. The van der Waals surface area contributed by atoms with E-state index in [1.54, 1.807) is 12.5 Å². The summed E-state index contributed by atoms with van der Waals surface area (Å²) in [4.78, 5) is 27.7. The lowest BCUT2D eigenvalue weighted by Crippen LogP contribution is -2.38. The van der Waals surface area contributed by atoms with Crippen molar-refractivity contribution in [1.29, 1.82) is 0 Å². The summed E-state index contributed by atoms with van der Waals surface area (Å²) in [7, 11) is 0. The molecule has 4 rings (SSSR count). The highest BCUT2D eigenvalue weighted by atomic mass is 19.4. The van der Waals surface area contributed by atoms with Crippen LogP contribution in [0.1, 0.15) is 16.1 Å². The highest BCUT2D eigenvalue weighted by Crippen LogP contribution is 2.42. The molecule has 2 aromatic heterocycles. The number of alkyl halides is 3. The lowest BCUT2D eigenvalue weighted by Gasteiger charge is -2.26. The summed E-state index contributed by atoms with van der Waals surface area (Å²) < 4.78 is 48.7. The Morgan fingerprint density at radius 1 is 1.35 bits per heavy atom. The van der Waals surface area contributed by atoms with Crippen molar-refractivity contribution in [3.8, 4) is 5.88 Å². The number of amides is 1. The van der Waals surface area contributed by atoms with E-state index in [0.29, 0.717) is 44.6 Å². The fourth-order valence-electron chi connectivity index (χ4n) is 3.58. The van der Waals surface area contributed by atoms with Crippen LogP contribution in [0.5, 0.6) is 5.88 Å². The Morgan fingerprint density at radius 2 is 2.10 bits per heavy atom. The van der Waals surface area contributed by atoms with Gasteiger partial charge in [-0.15, -0.1) is 0 Å². The van der Waals surface area contributed by atoms with Gasteiger partial charge in [0, 0.05) is 36.8 Å². The molecule has 2 aliphatic rings. The minimum absolute atomic E-state index is 0.0517. The van der Waals surface area contributed by atoms with Gasteiger partial charge in [0.25, 0.3) is 5.91 Å². The molecule has 2 fully saturated rings. The number of likely N-dealkylation sites (tertiary alicyclic amines) is 1. The number of furan rings is 1. The Labute approximate surface area is 175 Å². The Kier molecular flexibility index (Phi) is 6.54. The maximum Gasteiger partial charge on any atom is 0.490 e. The highest BCUT2D eigenvalue weighted by Gasteiger charge is 2.53. The monoisotopic (exact) mass is 442 g/mol. The number of halogens is 3. The molecule has 1 N–H and O–H groups in total. The number of hydrogen-bond donors (Lipinski definition) is 1. The molecule has 0 radical (unpaired) electrons. The molecule has 1 amide bonds. The van der Waals surface area contributed by atoms with E-state index in [-0.39, 0.29) is 17.2 Å². The number of carboxylic acids is 1. The van der Waals surface area contributed by atoms with Crippen LogP contribution in [0.25, 0.3) is 0 Å². The summed E-state index contributed by atoms with van der Waals surface area (Å²) in [5.41, 5.74) is 0.695. The Balaban J connectivity index is 0.000000339. The molecule has 0 aliphatic carbocycles. The summed E-state index contributed by atoms with van der Waals surface area (Å²) in [6.45, 7) is 4.93. The molecule has 2 saturated heterocycles. The third-order valence-corrected chi connectivity index (χ3v) is 5.25. The number of aryl methyl sites for hydroxylation is 1. The molecule has 11 heteroatoms. The first-order valence-electron chi connectivity index (χ1n) is 9.37. The molecule has 2 aromatic rings. The normalized spacial score (nSPS) is 22.5. The lowest BCUT2D eigenvalue weighted by atomic mass is 9.82. The molecule has 8 nitrogen and oxygen atoms in total. The molecule has 2 aliphatic heterocycles. The van der Waals surface area contributed by atoms with Crippen LogP contribution in [0.3, 0.4) is 0 Å². The molecule has 31 heavy (non-hydrogen) atoms. The fraction of sp³-hybridized carbons (Fsp3) is 0.450. The van der Waals surface area contributed by atoms with Crippen LogP contribution in [0, 0.1) is 18.3 Å². The number of hydrogen-bond acceptors (Lipinski definition) is 6. The number of aromatic nitrogens is 1. The van der Waals surface area contributed by atoms with Gasteiger partial charge in [0.2, 0.25) is 5.88 Å². The van der Waals surface area contributed by atoms with Crippen molar-refractivity contribution in [3.63, 3.8) is 0 Å². The van der Waals surface area contributed by atoms with Gasteiger partial charge in [-0.1, -0.05) is 6.07 Å². The zero-order valence-corrected chi connectivity index (χ0v) is 16.6. The largest absolute Gasteiger partial charge is 0.490 e. The van der Waals surface area contributed by atoms with E-state index in [9.17, 15) is 18.0 Å². The van der Waals surface area contributed by atoms with Crippen molar-refractivity contribution in [3.05, 3.63) is 48.0 Å². The summed E-state index contributed by atoms with van der Waals surface area (Å²) in [5.74, 6) is -1.50. The van der Waals surface area contributed by atoms with Crippen LogP contribution in [0.15, 0.2) is 41.1 Å². The summed E-state index contributed by atoms with van der Waals surface area (Å²) >= 11 is 0. The molecule has 4 heterocycles. The average molecular weight is 442 g/mol. The minimum atomic E-state index is -5.08. The molecule has 2 atom stereocenters. The van der Waals surface area contributed by atoms with Gasteiger partial charge in [0.15, 0.2) is 5.76 Å². The lowest BCUT2D eigenvalue weighted by molar-refractivity contribution is -0.192. The second kappa shape index (κ2) is 8.96. The van der Waals surface area contributed by atoms with Gasteiger partial charge in [0.1, 0.15) is 0 Å². The van der Waals surface area contributed by atoms with E-state index >= 15 is 0 Å². The van der Waals surface area contributed by atoms with Crippen LogP contribution in [-0.4, -0.2) is 66.0 Å². The topological polar surface area (TPSA) is 102 Å². The summed E-state index contributed by atoms with van der Waals surface area (Å²) in [6.07, 6.45) is -1.82. The maximum atomic E-state index is 12.7. The third kappa shape index (κ3) is 5.16. The first-order valence-corrected chi connectivity index (χ1v) is 9.37. The standard InChI is InChI=1S/C18H20N2O4.C2HF3O2/c1-13-5-7-23-16(13)17(21)20-8-14-9-22-11-18(14,10-20)12-24-15-4-2-3-6-19-15;3-2(4,5)1(6)7/h2-7,14H,8-12H2,1H3;(H,6,7)/t14-,18+;/m1./s1. The molecule has 0 spiro atoms. The Bertz CT molecular complexity index is 917. The highest BCUT2D eigenvalue weighted by molar-refractivity contribution is 5.93. The van der Waals surface area contributed by atoms with Crippen LogP contribution in [-0.2, 0) is 9.53 Å². The van der Waals surface area contributed by atoms with Gasteiger partial charge in [-0.25, -0.2) is 9.78 Å². The van der Waals surface area contributed by atoms with Gasteiger partial charge >= 0.3 is 12.1 Å². The van der Waals surface area contributed by atoms with E-state index in [0.717, 1.165) is 5.56 Å². The molecule has 0 saturated carbocycles. The summed E-state index contributed by atoms with van der Waals surface area (Å²) in [6, 6.07) is 7.40. The van der Waals surface area contributed by atoms with E-state index in [4.69, 9.17) is 23.8 Å². The predicted molar refractivity (Wildman–Crippen MR) is 99.5 cm³/mol. The maximum absolute atomic E-state index is 12.7. The van der Waals surface area contributed by atoms with Crippen LogP contribution < -0.4 is 4.74 Å². The molecular formula is C20H21F3N2O6. The van der Waals surface area contributed by atoms with E-state index in [1.165, 1.54) is 0 Å². The number of pyridine rings is 1. The zero-order chi connectivity index (χ0) is 22.6. The van der Waals surface area contributed by atoms with Crippen molar-refractivity contribution in [2.75, 3.05) is 32.9 Å².